The summed E-state index contributed by atoms with van der Waals surface area (Å²) in [4.78, 5) is 16.2. The Labute approximate surface area is 146 Å². The highest BCUT2D eigenvalue weighted by molar-refractivity contribution is 6.30. The van der Waals surface area contributed by atoms with Crippen LogP contribution in [0.15, 0.2) is 28.8 Å². The minimum absolute atomic E-state index is 0.0206. The Kier molecular flexibility index (Phi) is 5.82. The van der Waals surface area contributed by atoms with Gasteiger partial charge in [-0.2, -0.15) is 4.98 Å². The maximum Gasteiger partial charge on any atom is 0.227 e. The molecule has 0 saturated carbocycles. The number of aryl methyl sites for hydroxylation is 1. The van der Waals surface area contributed by atoms with Crippen LogP contribution in [0.4, 0.5) is 0 Å². The van der Waals surface area contributed by atoms with E-state index in [4.69, 9.17) is 16.1 Å². The van der Waals surface area contributed by atoms with Gasteiger partial charge in [-0.15, -0.1) is 0 Å². The van der Waals surface area contributed by atoms with Gasteiger partial charge in [0, 0.05) is 30.0 Å². The molecule has 1 unspecified atom stereocenters. The van der Waals surface area contributed by atoms with Crippen LogP contribution in [-0.4, -0.2) is 35.7 Å². The number of carbonyl (C=O) groups excluding carboxylic acids is 1. The minimum atomic E-state index is 0.0206. The van der Waals surface area contributed by atoms with Crippen molar-refractivity contribution in [3.05, 3.63) is 35.2 Å². The van der Waals surface area contributed by atoms with Crippen molar-refractivity contribution in [1.82, 2.24) is 20.8 Å². The van der Waals surface area contributed by atoms with Crippen molar-refractivity contribution >= 4 is 17.5 Å². The first-order valence-corrected chi connectivity index (χ1v) is 8.64. The predicted octanol–water partition coefficient (Wildman–Crippen LogP) is 2.44. The fraction of sp³-hybridized carbons (Fsp3) is 0.471. The van der Waals surface area contributed by atoms with Gasteiger partial charge in [0.1, 0.15) is 0 Å². The van der Waals surface area contributed by atoms with Gasteiger partial charge in [-0.05, 0) is 56.1 Å². The molecule has 128 valence electrons. The zero-order valence-electron chi connectivity index (χ0n) is 13.4. The molecule has 3 rings (SSSR count). The molecule has 7 heteroatoms. The van der Waals surface area contributed by atoms with E-state index >= 15 is 0 Å². The van der Waals surface area contributed by atoms with Crippen molar-refractivity contribution in [2.45, 2.75) is 25.7 Å². The van der Waals surface area contributed by atoms with Crippen molar-refractivity contribution in [1.29, 1.82) is 0 Å². The molecule has 24 heavy (non-hydrogen) atoms. The van der Waals surface area contributed by atoms with Gasteiger partial charge in [-0.1, -0.05) is 16.8 Å². The Morgan fingerprint density at radius 1 is 1.38 bits per heavy atom. The number of benzene rings is 1. The summed E-state index contributed by atoms with van der Waals surface area (Å²) in [7, 11) is 0. The molecule has 1 amide bonds. The molecule has 1 fully saturated rings. The van der Waals surface area contributed by atoms with E-state index in [1.165, 1.54) is 6.42 Å². The first kappa shape index (κ1) is 16.9. The predicted molar refractivity (Wildman–Crippen MR) is 91.7 cm³/mol. The van der Waals surface area contributed by atoms with Crippen molar-refractivity contribution in [3.63, 3.8) is 0 Å². The topological polar surface area (TPSA) is 80.0 Å². The average Bonchev–Trinajstić information content (AvgIpc) is 3.25. The fourth-order valence-electron chi connectivity index (χ4n) is 2.76. The van der Waals surface area contributed by atoms with Crippen LogP contribution in [0.3, 0.4) is 0 Å². The van der Waals surface area contributed by atoms with Crippen molar-refractivity contribution in [2.75, 3.05) is 19.6 Å². The molecule has 1 aromatic heterocycles. The maximum atomic E-state index is 11.9. The molecule has 2 N–H and O–H groups in total. The second-order valence-corrected chi connectivity index (χ2v) is 6.45. The molecule has 1 atom stereocenters. The van der Waals surface area contributed by atoms with E-state index in [0.717, 1.165) is 31.6 Å². The molecule has 0 bridgehead atoms. The number of rotatable bonds is 7. The Bertz CT molecular complexity index is 665. The van der Waals surface area contributed by atoms with Gasteiger partial charge in [-0.3, -0.25) is 4.79 Å². The summed E-state index contributed by atoms with van der Waals surface area (Å²) in [6.07, 6.45) is 3.02. The first-order valence-electron chi connectivity index (χ1n) is 8.26. The summed E-state index contributed by atoms with van der Waals surface area (Å²) in [6.45, 7) is 2.88. The molecule has 1 aromatic carbocycles. The lowest BCUT2D eigenvalue weighted by atomic mass is 10.1. The zero-order chi connectivity index (χ0) is 16.8. The van der Waals surface area contributed by atoms with E-state index in [9.17, 15) is 4.79 Å². The number of carbonyl (C=O) groups is 1. The second-order valence-electron chi connectivity index (χ2n) is 6.02. The number of hydrogen-bond acceptors (Lipinski definition) is 5. The van der Waals surface area contributed by atoms with Gasteiger partial charge in [0.05, 0.1) is 0 Å². The van der Waals surface area contributed by atoms with Gasteiger partial charge in [0.25, 0.3) is 0 Å². The Balaban J connectivity index is 1.41. The SMILES string of the molecule is O=C(CCc1nc(-c2ccc(Cl)cc2)no1)NCCC1CCNC1. The lowest BCUT2D eigenvalue weighted by molar-refractivity contribution is -0.121. The van der Waals surface area contributed by atoms with Crippen molar-refractivity contribution in [2.24, 2.45) is 5.92 Å². The van der Waals surface area contributed by atoms with Crippen LogP contribution in [-0.2, 0) is 11.2 Å². The molecule has 1 saturated heterocycles. The van der Waals surface area contributed by atoms with Gasteiger partial charge < -0.3 is 15.2 Å². The summed E-state index contributed by atoms with van der Waals surface area (Å²) < 4.78 is 5.20. The molecule has 0 radical (unpaired) electrons. The van der Waals surface area contributed by atoms with Crippen LogP contribution in [0.5, 0.6) is 0 Å². The Morgan fingerprint density at radius 3 is 2.96 bits per heavy atom. The Morgan fingerprint density at radius 2 is 2.21 bits per heavy atom. The normalized spacial score (nSPS) is 17.1. The van der Waals surface area contributed by atoms with Gasteiger partial charge in [-0.25, -0.2) is 0 Å². The lowest BCUT2D eigenvalue weighted by Gasteiger charge is -2.08. The van der Waals surface area contributed by atoms with E-state index < -0.39 is 0 Å². The molecule has 2 aromatic rings. The highest BCUT2D eigenvalue weighted by atomic mass is 35.5. The third-order valence-electron chi connectivity index (χ3n) is 4.17. The van der Waals surface area contributed by atoms with Crippen LogP contribution in [0.2, 0.25) is 5.02 Å². The monoisotopic (exact) mass is 348 g/mol. The van der Waals surface area contributed by atoms with E-state index in [-0.39, 0.29) is 5.91 Å². The number of halogens is 1. The van der Waals surface area contributed by atoms with Crippen LogP contribution >= 0.6 is 11.6 Å². The molecule has 0 spiro atoms. The van der Waals surface area contributed by atoms with Crippen molar-refractivity contribution < 1.29 is 9.32 Å². The number of hydrogen-bond donors (Lipinski definition) is 2. The van der Waals surface area contributed by atoms with Gasteiger partial charge >= 0.3 is 0 Å². The molecule has 1 aliphatic heterocycles. The van der Waals surface area contributed by atoms with Crippen LogP contribution in [0, 0.1) is 5.92 Å². The zero-order valence-corrected chi connectivity index (χ0v) is 14.2. The third-order valence-corrected chi connectivity index (χ3v) is 4.43. The largest absolute Gasteiger partial charge is 0.356 e. The molecule has 0 aliphatic carbocycles. The highest BCUT2D eigenvalue weighted by Gasteiger charge is 2.14. The minimum Gasteiger partial charge on any atom is -0.356 e. The second kappa shape index (κ2) is 8.26. The number of nitrogens with one attached hydrogen (secondary N) is 2. The summed E-state index contributed by atoms with van der Waals surface area (Å²) in [5, 5.41) is 10.9. The standard InChI is InChI=1S/C17H21ClN4O2/c18-14-3-1-13(2-4-14)17-21-16(24-22-17)6-5-15(23)20-10-8-12-7-9-19-11-12/h1-4,12,19H,5-11H2,(H,20,23). The van der Waals surface area contributed by atoms with E-state index in [2.05, 4.69) is 20.8 Å². The number of nitrogens with zero attached hydrogens (tertiary/aromatic N) is 2. The van der Waals surface area contributed by atoms with E-state index in [1.54, 1.807) is 12.1 Å². The van der Waals surface area contributed by atoms with Gasteiger partial charge in [0.15, 0.2) is 0 Å². The van der Waals surface area contributed by atoms with Crippen LogP contribution < -0.4 is 10.6 Å². The first-order chi connectivity index (χ1) is 11.7. The van der Waals surface area contributed by atoms with Gasteiger partial charge in [0.2, 0.25) is 17.6 Å². The lowest BCUT2D eigenvalue weighted by Crippen LogP contribution is -2.26. The molecule has 6 nitrogen and oxygen atoms in total. The quantitative estimate of drug-likeness (QED) is 0.803. The highest BCUT2D eigenvalue weighted by Crippen LogP contribution is 2.19. The fourth-order valence-corrected chi connectivity index (χ4v) is 2.88. The summed E-state index contributed by atoms with van der Waals surface area (Å²) in [5.74, 6) is 1.68. The maximum absolute atomic E-state index is 11.9. The van der Waals surface area contributed by atoms with E-state index in [1.807, 2.05) is 12.1 Å². The van der Waals surface area contributed by atoms with Crippen LogP contribution in [0.1, 0.15) is 25.2 Å². The third kappa shape index (κ3) is 4.79. The molecular formula is C17H21ClN4O2. The average molecular weight is 349 g/mol. The molecular weight excluding hydrogens is 328 g/mol. The number of amides is 1. The summed E-state index contributed by atoms with van der Waals surface area (Å²) in [5.41, 5.74) is 0.837. The van der Waals surface area contributed by atoms with E-state index in [0.29, 0.717) is 35.5 Å². The molecule has 1 aliphatic rings. The molecule has 2 heterocycles. The smallest absolute Gasteiger partial charge is 0.227 e. The van der Waals surface area contributed by atoms with Crippen LogP contribution in [0.25, 0.3) is 11.4 Å². The number of aromatic nitrogens is 2. The Hall–Kier alpha value is -1.92. The van der Waals surface area contributed by atoms with Crippen molar-refractivity contribution in [3.8, 4) is 11.4 Å². The summed E-state index contributed by atoms with van der Waals surface area (Å²) in [6, 6.07) is 7.23. The summed E-state index contributed by atoms with van der Waals surface area (Å²) >= 11 is 5.86.